The number of nitrogens with one attached hydrogen (secondary N) is 2. The molecule has 1 amide bonds. The van der Waals surface area contributed by atoms with Crippen molar-refractivity contribution in [2.75, 3.05) is 6.54 Å². The summed E-state index contributed by atoms with van der Waals surface area (Å²) in [5.74, 6) is -1.90. The predicted octanol–water partition coefficient (Wildman–Crippen LogP) is 2.02. The summed E-state index contributed by atoms with van der Waals surface area (Å²) < 4.78 is 32.5. The van der Waals surface area contributed by atoms with Crippen molar-refractivity contribution in [3.63, 3.8) is 0 Å². The highest BCUT2D eigenvalue weighted by Gasteiger charge is 2.26. The van der Waals surface area contributed by atoms with Crippen LogP contribution in [-0.4, -0.2) is 43.0 Å². The minimum Gasteiger partial charge on any atom is -0.480 e. The number of ether oxygens (including phenoxy) is 1. The summed E-state index contributed by atoms with van der Waals surface area (Å²) in [6.45, 7) is 0.310. The van der Waals surface area contributed by atoms with E-state index in [1.54, 1.807) is 30.6 Å². The third-order valence-electron chi connectivity index (χ3n) is 4.26. The van der Waals surface area contributed by atoms with Crippen molar-refractivity contribution in [3.05, 3.63) is 82.3 Å². The third-order valence-corrected chi connectivity index (χ3v) is 6.81. The first kappa shape index (κ1) is 23.5. The Kier molecular flexibility index (Phi) is 8.06. The largest absolute Gasteiger partial charge is 0.480 e. The molecule has 1 atom stereocenters. The number of carbonyl (C=O) groups is 2. The Morgan fingerprint density at radius 2 is 1.75 bits per heavy atom. The van der Waals surface area contributed by atoms with Gasteiger partial charge in [0.15, 0.2) is 0 Å². The third kappa shape index (κ3) is 6.69. The van der Waals surface area contributed by atoms with Crippen LogP contribution in [0.4, 0.5) is 0 Å². The monoisotopic (exact) mass is 475 g/mol. The molecule has 9 nitrogen and oxygen atoms in total. The van der Waals surface area contributed by atoms with Crippen LogP contribution in [0.2, 0.25) is 0 Å². The maximum atomic E-state index is 12.4. The molecule has 0 aliphatic rings. The number of carboxylic acid groups (broad SMARTS) is 1. The van der Waals surface area contributed by atoms with Crippen molar-refractivity contribution in [3.8, 4) is 0 Å². The lowest BCUT2D eigenvalue weighted by Gasteiger charge is -2.15. The molecule has 3 N–H and O–H groups in total. The molecule has 2 heterocycles. The summed E-state index contributed by atoms with van der Waals surface area (Å²) in [7, 11) is -4.05. The average Bonchev–Trinajstić information content (AvgIpc) is 3.26. The summed E-state index contributed by atoms with van der Waals surface area (Å²) in [5, 5.41) is 11.8. The molecule has 0 saturated carbocycles. The molecule has 1 aromatic carbocycles. The van der Waals surface area contributed by atoms with Crippen LogP contribution in [-0.2, 0) is 32.8 Å². The lowest BCUT2D eigenvalue weighted by atomic mass is 10.3. The van der Waals surface area contributed by atoms with Gasteiger partial charge >= 0.3 is 5.97 Å². The van der Waals surface area contributed by atoms with Crippen molar-refractivity contribution in [1.29, 1.82) is 0 Å². The molecule has 168 valence electrons. The summed E-state index contributed by atoms with van der Waals surface area (Å²) in [6, 6.07) is 12.9. The molecule has 11 heteroatoms. The first-order chi connectivity index (χ1) is 15.3. The second kappa shape index (κ2) is 11.0. The van der Waals surface area contributed by atoms with Gasteiger partial charge in [0, 0.05) is 23.8 Å². The lowest BCUT2D eigenvalue weighted by Crippen LogP contribution is -2.48. The average molecular weight is 476 g/mol. The Hall–Kier alpha value is -3.12. The zero-order valence-electron chi connectivity index (χ0n) is 16.8. The number of rotatable bonds is 11. The Morgan fingerprint density at radius 1 is 1.03 bits per heavy atom. The van der Waals surface area contributed by atoms with E-state index < -0.39 is 34.5 Å². The summed E-state index contributed by atoms with van der Waals surface area (Å²) in [5.41, 5.74) is 0.979. The van der Waals surface area contributed by atoms with Crippen molar-refractivity contribution >= 4 is 33.2 Å². The normalized spacial score (nSPS) is 12.2. The molecule has 0 saturated heterocycles. The SMILES string of the molecule is O=C(NC[C@H](NS(=O)(=O)c1ccccc1)C(=O)O)c1ccc(COCc2ccncc2)s1. The first-order valence-corrected chi connectivity index (χ1v) is 11.8. The second-order valence-corrected chi connectivity index (χ2v) is 9.53. The van der Waals surface area contributed by atoms with Gasteiger partial charge in [-0.05, 0) is 42.0 Å². The van der Waals surface area contributed by atoms with Crippen molar-refractivity contribution in [1.82, 2.24) is 15.0 Å². The van der Waals surface area contributed by atoms with Gasteiger partial charge in [0.25, 0.3) is 5.91 Å². The van der Waals surface area contributed by atoms with Gasteiger partial charge in [0.1, 0.15) is 6.04 Å². The van der Waals surface area contributed by atoms with Crippen LogP contribution in [0.5, 0.6) is 0 Å². The van der Waals surface area contributed by atoms with E-state index in [0.717, 1.165) is 10.4 Å². The molecule has 0 aliphatic heterocycles. The van der Waals surface area contributed by atoms with Crippen molar-refractivity contribution < 1.29 is 27.9 Å². The molecule has 0 radical (unpaired) electrons. The summed E-state index contributed by atoms with van der Waals surface area (Å²) >= 11 is 1.21. The van der Waals surface area contributed by atoms with Crippen molar-refractivity contribution in [2.24, 2.45) is 0 Å². The van der Waals surface area contributed by atoms with Gasteiger partial charge in [-0.15, -0.1) is 11.3 Å². The van der Waals surface area contributed by atoms with Gasteiger partial charge in [0.2, 0.25) is 10.0 Å². The quantitative estimate of drug-likeness (QED) is 0.386. The molecule has 0 fully saturated rings. The molecule has 2 aromatic heterocycles. The molecular formula is C21H21N3O6S2. The van der Waals surface area contributed by atoms with Gasteiger partial charge in [-0.2, -0.15) is 4.72 Å². The van der Waals surface area contributed by atoms with Crippen LogP contribution in [0, 0.1) is 0 Å². The number of sulfonamides is 1. The summed E-state index contributed by atoms with van der Waals surface area (Å²) in [4.78, 5) is 29.0. The number of hydrogen-bond donors (Lipinski definition) is 3. The highest BCUT2D eigenvalue weighted by atomic mass is 32.2. The van der Waals surface area contributed by atoms with E-state index in [1.165, 1.54) is 35.6 Å². The first-order valence-electron chi connectivity index (χ1n) is 9.49. The van der Waals surface area contributed by atoms with Crippen molar-refractivity contribution in [2.45, 2.75) is 24.2 Å². The van der Waals surface area contributed by atoms with E-state index in [1.807, 2.05) is 12.1 Å². The maximum absolute atomic E-state index is 12.4. The molecule has 0 bridgehead atoms. The molecule has 0 spiro atoms. The van der Waals surface area contributed by atoms with E-state index >= 15 is 0 Å². The number of aliphatic carboxylic acids is 1. The van der Waals surface area contributed by atoms with E-state index in [4.69, 9.17) is 4.74 Å². The number of amides is 1. The number of nitrogens with zero attached hydrogens (tertiary/aromatic N) is 1. The van der Waals surface area contributed by atoms with Crippen LogP contribution < -0.4 is 10.0 Å². The molecule has 3 aromatic rings. The van der Waals surface area contributed by atoms with Crippen LogP contribution in [0.3, 0.4) is 0 Å². The van der Waals surface area contributed by atoms with E-state index in [2.05, 4.69) is 15.0 Å². The fourth-order valence-electron chi connectivity index (χ4n) is 2.64. The fourth-order valence-corrected chi connectivity index (χ4v) is 4.71. The van der Waals surface area contributed by atoms with Crippen LogP contribution >= 0.6 is 11.3 Å². The number of carboxylic acids is 1. The topological polar surface area (TPSA) is 135 Å². The van der Waals surface area contributed by atoms with Gasteiger partial charge in [-0.3, -0.25) is 14.6 Å². The standard InChI is InChI=1S/C21H21N3O6S2/c25-20(19-7-6-16(31-19)14-30-13-15-8-10-22-11-9-15)23-12-18(21(26)27)24-32(28,29)17-4-2-1-3-5-17/h1-11,18,24H,12-14H2,(H,23,25)(H,26,27)/t18-/m0/s1. The Labute approximate surface area is 189 Å². The Morgan fingerprint density at radius 3 is 2.44 bits per heavy atom. The molecular weight excluding hydrogens is 454 g/mol. The minimum absolute atomic E-state index is 0.0627. The predicted molar refractivity (Wildman–Crippen MR) is 118 cm³/mol. The van der Waals surface area contributed by atoms with Gasteiger partial charge in [-0.1, -0.05) is 18.2 Å². The fraction of sp³-hybridized carbons (Fsp3) is 0.190. The molecule has 32 heavy (non-hydrogen) atoms. The molecule has 0 aliphatic carbocycles. The van der Waals surface area contributed by atoms with Crippen LogP contribution in [0.15, 0.2) is 71.9 Å². The number of pyridine rings is 1. The lowest BCUT2D eigenvalue weighted by molar-refractivity contribution is -0.138. The van der Waals surface area contributed by atoms with Crippen LogP contribution in [0.25, 0.3) is 0 Å². The number of benzene rings is 1. The second-order valence-electron chi connectivity index (χ2n) is 6.65. The molecule has 3 rings (SSSR count). The Bertz CT molecular complexity index is 1150. The van der Waals surface area contributed by atoms with Gasteiger partial charge < -0.3 is 15.2 Å². The number of aromatic nitrogens is 1. The van der Waals surface area contributed by atoms with Crippen LogP contribution in [0.1, 0.15) is 20.1 Å². The maximum Gasteiger partial charge on any atom is 0.323 e. The molecule has 0 unspecified atom stereocenters. The highest BCUT2D eigenvalue weighted by molar-refractivity contribution is 7.89. The summed E-state index contributed by atoms with van der Waals surface area (Å²) in [6.07, 6.45) is 3.35. The zero-order chi connectivity index (χ0) is 23.0. The minimum atomic E-state index is -4.05. The smallest absolute Gasteiger partial charge is 0.323 e. The van der Waals surface area contributed by atoms with E-state index in [9.17, 15) is 23.1 Å². The van der Waals surface area contributed by atoms with Gasteiger partial charge in [-0.25, -0.2) is 8.42 Å². The number of thiophene rings is 1. The number of carbonyl (C=O) groups excluding carboxylic acids is 1. The zero-order valence-corrected chi connectivity index (χ0v) is 18.4. The van der Waals surface area contributed by atoms with Gasteiger partial charge in [0.05, 0.1) is 23.0 Å². The van der Waals surface area contributed by atoms with E-state index in [0.29, 0.717) is 18.1 Å². The van der Waals surface area contributed by atoms with E-state index in [-0.39, 0.29) is 4.90 Å². The Balaban J connectivity index is 1.52. The highest BCUT2D eigenvalue weighted by Crippen LogP contribution is 2.18. The number of hydrogen-bond acceptors (Lipinski definition) is 7.